The predicted octanol–water partition coefficient (Wildman–Crippen LogP) is 2.75. The summed E-state index contributed by atoms with van der Waals surface area (Å²) in [4.78, 5) is 13.5. The molecule has 3 nitrogen and oxygen atoms in total. The first-order chi connectivity index (χ1) is 9.97. The molecule has 2 aromatic carbocycles. The molecular weight excluding hydrogens is 274 g/mol. The Morgan fingerprint density at radius 1 is 1.10 bits per heavy atom. The predicted molar refractivity (Wildman–Crippen MR) is 77.4 cm³/mol. The molecule has 0 saturated carbocycles. The molecular formula is C16H16F2N2O. The highest BCUT2D eigenvalue weighted by Crippen LogP contribution is 2.14. The van der Waals surface area contributed by atoms with Crippen LogP contribution in [0.25, 0.3) is 0 Å². The summed E-state index contributed by atoms with van der Waals surface area (Å²) in [6.07, 6.45) is -0.302. The molecule has 0 aromatic heterocycles. The van der Waals surface area contributed by atoms with E-state index in [-0.39, 0.29) is 17.9 Å². The summed E-state index contributed by atoms with van der Waals surface area (Å²) >= 11 is 0. The molecule has 0 heterocycles. The third kappa shape index (κ3) is 3.78. The molecule has 0 spiro atoms. The average molecular weight is 290 g/mol. The molecule has 0 aliphatic carbocycles. The Balaban J connectivity index is 2.04. The van der Waals surface area contributed by atoms with Gasteiger partial charge in [0, 0.05) is 24.8 Å². The Labute approximate surface area is 122 Å². The second kappa shape index (κ2) is 6.35. The Kier molecular flexibility index (Phi) is 4.52. The van der Waals surface area contributed by atoms with Crippen molar-refractivity contribution in [3.63, 3.8) is 0 Å². The number of nitrogen functional groups attached to an aromatic ring is 1. The maximum atomic E-state index is 13.5. The molecule has 0 unspecified atom stereocenters. The Bertz CT molecular complexity index is 621. The van der Waals surface area contributed by atoms with E-state index in [4.69, 9.17) is 5.73 Å². The first-order valence-corrected chi connectivity index (χ1v) is 6.48. The van der Waals surface area contributed by atoms with Gasteiger partial charge in [0.2, 0.25) is 5.91 Å². The van der Waals surface area contributed by atoms with E-state index in [9.17, 15) is 13.6 Å². The quantitative estimate of drug-likeness (QED) is 0.880. The zero-order valence-corrected chi connectivity index (χ0v) is 11.6. The number of amides is 1. The highest BCUT2D eigenvalue weighted by atomic mass is 19.1. The maximum absolute atomic E-state index is 13.5. The zero-order chi connectivity index (χ0) is 15.4. The van der Waals surface area contributed by atoms with Gasteiger partial charge in [0.05, 0.1) is 6.42 Å². The van der Waals surface area contributed by atoms with Crippen molar-refractivity contribution >= 4 is 11.6 Å². The molecule has 5 heteroatoms. The molecule has 2 aromatic rings. The molecule has 0 atom stereocenters. The number of likely N-dealkylation sites (N-methyl/N-ethyl adjacent to an activating group) is 1. The van der Waals surface area contributed by atoms with Crippen LogP contribution < -0.4 is 5.73 Å². The van der Waals surface area contributed by atoms with Crippen molar-refractivity contribution in [3.8, 4) is 0 Å². The second-order valence-electron chi connectivity index (χ2n) is 4.87. The summed E-state index contributed by atoms with van der Waals surface area (Å²) < 4.78 is 27.0. The first kappa shape index (κ1) is 15.0. The smallest absolute Gasteiger partial charge is 0.227 e. The number of rotatable bonds is 4. The Hall–Kier alpha value is -2.43. The maximum Gasteiger partial charge on any atom is 0.227 e. The van der Waals surface area contributed by atoms with Gasteiger partial charge in [-0.05, 0) is 29.8 Å². The molecule has 0 aliphatic rings. The van der Waals surface area contributed by atoms with Crippen molar-refractivity contribution in [2.24, 2.45) is 0 Å². The first-order valence-electron chi connectivity index (χ1n) is 6.48. The summed E-state index contributed by atoms with van der Waals surface area (Å²) in [6, 6.07) is 10.7. The van der Waals surface area contributed by atoms with Crippen LogP contribution in [0.15, 0.2) is 42.5 Å². The van der Waals surface area contributed by atoms with E-state index in [1.165, 1.54) is 11.0 Å². The molecule has 1 amide bonds. The standard InChI is InChI=1S/C16H16F2N2O/c1-20(10-11-5-7-12(19)8-6-11)16(21)9-13-14(17)3-2-4-15(13)18/h2-8H,9-10,19H2,1H3. The van der Waals surface area contributed by atoms with Crippen LogP contribution in [0.4, 0.5) is 14.5 Å². The third-order valence-electron chi connectivity index (χ3n) is 3.21. The van der Waals surface area contributed by atoms with Crippen LogP contribution in [0.5, 0.6) is 0 Å². The van der Waals surface area contributed by atoms with Crippen molar-refractivity contribution in [1.29, 1.82) is 0 Å². The molecule has 0 radical (unpaired) electrons. The number of anilines is 1. The van der Waals surface area contributed by atoms with Gasteiger partial charge in [0.25, 0.3) is 0 Å². The Morgan fingerprint density at radius 3 is 2.24 bits per heavy atom. The number of benzene rings is 2. The SMILES string of the molecule is CN(Cc1ccc(N)cc1)C(=O)Cc1c(F)cccc1F. The largest absolute Gasteiger partial charge is 0.399 e. The Morgan fingerprint density at radius 2 is 1.67 bits per heavy atom. The normalized spacial score (nSPS) is 10.4. The van der Waals surface area contributed by atoms with E-state index in [2.05, 4.69) is 0 Å². The van der Waals surface area contributed by atoms with Gasteiger partial charge in [-0.1, -0.05) is 18.2 Å². The van der Waals surface area contributed by atoms with E-state index >= 15 is 0 Å². The molecule has 0 bridgehead atoms. The lowest BCUT2D eigenvalue weighted by Crippen LogP contribution is -2.28. The van der Waals surface area contributed by atoms with Crippen LogP contribution in [0.3, 0.4) is 0 Å². The van der Waals surface area contributed by atoms with Crippen LogP contribution in [0.2, 0.25) is 0 Å². The number of carbonyl (C=O) groups is 1. The lowest BCUT2D eigenvalue weighted by molar-refractivity contribution is -0.129. The monoisotopic (exact) mass is 290 g/mol. The number of halogens is 2. The van der Waals surface area contributed by atoms with Crippen molar-refractivity contribution in [1.82, 2.24) is 4.90 Å². The molecule has 2 N–H and O–H groups in total. The van der Waals surface area contributed by atoms with Crippen molar-refractivity contribution in [3.05, 3.63) is 65.2 Å². The highest BCUT2D eigenvalue weighted by molar-refractivity contribution is 5.78. The van der Waals surface area contributed by atoms with E-state index in [0.29, 0.717) is 12.2 Å². The van der Waals surface area contributed by atoms with Crippen molar-refractivity contribution in [2.75, 3.05) is 12.8 Å². The van der Waals surface area contributed by atoms with Crippen LogP contribution >= 0.6 is 0 Å². The molecule has 0 aliphatic heterocycles. The van der Waals surface area contributed by atoms with Gasteiger partial charge in [0.1, 0.15) is 11.6 Å². The van der Waals surface area contributed by atoms with Gasteiger partial charge >= 0.3 is 0 Å². The molecule has 2 rings (SSSR count). The number of carbonyl (C=O) groups excluding carboxylic acids is 1. The second-order valence-corrected chi connectivity index (χ2v) is 4.87. The number of nitrogens with zero attached hydrogens (tertiary/aromatic N) is 1. The minimum Gasteiger partial charge on any atom is -0.399 e. The minimum atomic E-state index is -0.704. The number of hydrogen-bond acceptors (Lipinski definition) is 2. The zero-order valence-electron chi connectivity index (χ0n) is 11.6. The molecule has 0 saturated heterocycles. The van der Waals surface area contributed by atoms with Gasteiger partial charge < -0.3 is 10.6 Å². The van der Waals surface area contributed by atoms with Crippen LogP contribution in [-0.4, -0.2) is 17.9 Å². The van der Waals surface area contributed by atoms with Crippen molar-refractivity contribution < 1.29 is 13.6 Å². The van der Waals surface area contributed by atoms with E-state index in [1.54, 1.807) is 19.2 Å². The number of nitrogens with two attached hydrogens (primary N) is 1. The summed E-state index contributed by atoms with van der Waals surface area (Å²) in [5.74, 6) is -1.76. The van der Waals surface area contributed by atoms with Gasteiger partial charge in [-0.3, -0.25) is 4.79 Å². The number of hydrogen-bond donors (Lipinski definition) is 1. The average Bonchev–Trinajstić information content (AvgIpc) is 2.45. The van der Waals surface area contributed by atoms with Gasteiger partial charge in [-0.2, -0.15) is 0 Å². The molecule has 21 heavy (non-hydrogen) atoms. The fourth-order valence-electron chi connectivity index (χ4n) is 1.97. The summed E-state index contributed by atoms with van der Waals surface area (Å²) in [5.41, 5.74) is 6.92. The fourth-order valence-corrected chi connectivity index (χ4v) is 1.97. The topological polar surface area (TPSA) is 46.3 Å². The van der Waals surface area contributed by atoms with Crippen LogP contribution in [0, 0.1) is 11.6 Å². The van der Waals surface area contributed by atoms with Gasteiger partial charge in [-0.15, -0.1) is 0 Å². The highest BCUT2D eigenvalue weighted by Gasteiger charge is 2.16. The fraction of sp³-hybridized carbons (Fsp3) is 0.188. The summed E-state index contributed by atoms with van der Waals surface area (Å²) in [5, 5.41) is 0. The van der Waals surface area contributed by atoms with Crippen molar-refractivity contribution in [2.45, 2.75) is 13.0 Å². The van der Waals surface area contributed by atoms with E-state index in [0.717, 1.165) is 17.7 Å². The summed E-state index contributed by atoms with van der Waals surface area (Å²) in [7, 11) is 1.59. The third-order valence-corrected chi connectivity index (χ3v) is 3.21. The van der Waals surface area contributed by atoms with E-state index in [1.807, 2.05) is 12.1 Å². The van der Waals surface area contributed by atoms with E-state index < -0.39 is 11.6 Å². The minimum absolute atomic E-state index is 0.202. The van der Waals surface area contributed by atoms with Gasteiger partial charge in [0.15, 0.2) is 0 Å². The summed E-state index contributed by atoms with van der Waals surface area (Å²) in [6.45, 7) is 0.356. The lowest BCUT2D eigenvalue weighted by Gasteiger charge is -2.18. The van der Waals surface area contributed by atoms with Crippen LogP contribution in [-0.2, 0) is 17.8 Å². The molecule has 0 fully saturated rings. The van der Waals surface area contributed by atoms with Gasteiger partial charge in [-0.25, -0.2) is 8.78 Å². The lowest BCUT2D eigenvalue weighted by atomic mass is 10.1. The van der Waals surface area contributed by atoms with Crippen LogP contribution in [0.1, 0.15) is 11.1 Å². The molecule has 110 valence electrons.